The molecule has 0 saturated carbocycles. The Morgan fingerprint density at radius 3 is 1.72 bits per heavy atom. The van der Waals surface area contributed by atoms with Crippen molar-refractivity contribution in [2.75, 3.05) is 16.6 Å². The molecule has 0 spiro atoms. The van der Waals surface area contributed by atoms with Gasteiger partial charge in [-0.05, 0) is 86.5 Å². The summed E-state index contributed by atoms with van der Waals surface area (Å²) in [5.74, 6) is -1.27. The van der Waals surface area contributed by atoms with E-state index >= 15 is 0 Å². The lowest BCUT2D eigenvalue weighted by atomic mass is 10.3. The molecule has 0 unspecified atom stereocenters. The van der Waals surface area contributed by atoms with Crippen LogP contribution < -0.4 is 14.2 Å². The van der Waals surface area contributed by atoms with E-state index in [0.717, 1.165) is 24.3 Å². The van der Waals surface area contributed by atoms with Gasteiger partial charge in [0.05, 0.1) is 32.3 Å². The molecule has 7 nitrogen and oxygen atoms in total. The maximum atomic E-state index is 13.4. The third-order valence-electron chi connectivity index (χ3n) is 4.08. The summed E-state index contributed by atoms with van der Waals surface area (Å²) in [6.45, 7) is 0. The molecule has 0 bridgehead atoms. The minimum absolute atomic E-state index is 0.0376. The van der Waals surface area contributed by atoms with Crippen LogP contribution in [0.5, 0.6) is 5.75 Å². The lowest BCUT2D eigenvalue weighted by Gasteiger charge is -2.14. The van der Waals surface area contributed by atoms with Crippen LogP contribution in [-0.2, 0) is 20.0 Å². The number of hydrogen-bond acceptors (Lipinski definition) is 5. The van der Waals surface area contributed by atoms with Crippen molar-refractivity contribution in [2.24, 2.45) is 0 Å². The molecule has 0 fully saturated rings. The van der Waals surface area contributed by atoms with Gasteiger partial charge in [-0.3, -0.25) is 9.44 Å². The van der Waals surface area contributed by atoms with Crippen molar-refractivity contribution in [2.45, 2.75) is 9.79 Å². The number of anilines is 2. The molecule has 32 heavy (non-hydrogen) atoms. The summed E-state index contributed by atoms with van der Waals surface area (Å²) < 4.78 is 88.0. The fraction of sp³-hybridized carbons (Fsp3) is 0.0526. The Morgan fingerprint density at radius 2 is 1.25 bits per heavy atom. The predicted octanol–water partition coefficient (Wildman–Crippen LogP) is 5.10. The van der Waals surface area contributed by atoms with E-state index in [1.54, 1.807) is 0 Å². The van der Waals surface area contributed by atoms with Crippen LogP contribution in [0.2, 0.25) is 0 Å². The van der Waals surface area contributed by atoms with Crippen LogP contribution in [0.1, 0.15) is 0 Å². The number of halogens is 4. The largest absolute Gasteiger partial charge is 0.495 e. The van der Waals surface area contributed by atoms with Gasteiger partial charge in [-0.15, -0.1) is 0 Å². The summed E-state index contributed by atoms with van der Waals surface area (Å²) in [7, 11) is -7.33. The number of ether oxygens (including phenoxy) is 1. The number of sulfonamides is 2. The summed E-state index contributed by atoms with van der Waals surface area (Å²) in [6.07, 6.45) is 0. The van der Waals surface area contributed by atoms with Gasteiger partial charge in [0.25, 0.3) is 20.0 Å². The Kier molecular flexibility index (Phi) is 7.12. The summed E-state index contributed by atoms with van der Waals surface area (Å²) in [5, 5.41) is 0. The van der Waals surface area contributed by atoms with Crippen LogP contribution in [0.3, 0.4) is 0 Å². The smallest absolute Gasteiger partial charge is 0.265 e. The first-order chi connectivity index (χ1) is 14.9. The van der Waals surface area contributed by atoms with Gasteiger partial charge in [0.1, 0.15) is 22.3 Å². The van der Waals surface area contributed by atoms with Crippen molar-refractivity contribution in [1.29, 1.82) is 0 Å². The summed E-state index contributed by atoms with van der Waals surface area (Å²) >= 11 is 5.93. The van der Waals surface area contributed by atoms with Crippen LogP contribution >= 0.6 is 31.9 Å². The minimum Gasteiger partial charge on any atom is -0.495 e. The molecule has 3 rings (SSSR count). The fourth-order valence-electron chi connectivity index (χ4n) is 2.58. The Hall–Kier alpha value is -2.22. The summed E-state index contributed by atoms with van der Waals surface area (Å²) in [4.78, 5) is -0.831. The van der Waals surface area contributed by atoms with E-state index in [0.29, 0.717) is 0 Å². The Balaban J connectivity index is 2.00. The summed E-state index contributed by atoms with van der Waals surface area (Å²) in [5.41, 5.74) is 0.107. The number of nitrogens with one attached hydrogen (secondary N) is 2. The predicted molar refractivity (Wildman–Crippen MR) is 123 cm³/mol. The summed E-state index contributed by atoms with van der Waals surface area (Å²) in [6, 6.07) is 10.3. The van der Waals surface area contributed by atoms with Gasteiger partial charge >= 0.3 is 0 Å². The SMILES string of the molecule is COc1ccc(S(=O)(=O)Nc2ccc(F)c(Br)c2)cc1S(=O)(=O)Nc1ccc(F)c(Br)c1. The molecule has 3 aromatic rings. The highest BCUT2D eigenvalue weighted by Gasteiger charge is 2.25. The van der Waals surface area contributed by atoms with Gasteiger partial charge in [0.15, 0.2) is 0 Å². The first-order valence-electron chi connectivity index (χ1n) is 8.57. The standard InChI is InChI=1S/C19H14Br2F2N2O5S2/c1-30-18-7-4-13(31(26,27)24-11-2-5-16(22)14(20)8-11)10-19(18)32(28,29)25-12-3-6-17(23)15(21)9-12/h2-10,24-25H,1H3. The maximum Gasteiger partial charge on any atom is 0.265 e. The van der Waals surface area contributed by atoms with Crippen molar-refractivity contribution < 1.29 is 30.4 Å². The molecular weight excluding hydrogens is 598 g/mol. The molecule has 0 aliphatic rings. The third-order valence-corrected chi connectivity index (χ3v) is 8.08. The second kappa shape index (κ2) is 9.33. The molecule has 0 aliphatic carbocycles. The lowest BCUT2D eigenvalue weighted by Crippen LogP contribution is -2.17. The molecule has 170 valence electrons. The molecule has 0 aliphatic heterocycles. The Labute approximate surface area is 200 Å². The number of benzene rings is 3. The second-order valence-electron chi connectivity index (χ2n) is 6.28. The topological polar surface area (TPSA) is 102 Å². The van der Waals surface area contributed by atoms with Crippen LogP contribution in [0.15, 0.2) is 73.3 Å². The van der Waals surface area contributed by atoms with Crippen molar-refractivity contribution in [3.63, 3.8) is 0 Å². The highest BCUT2D eigenvalue weighted by atomic mass is 79.9. The first-order valence-corrected chi connectivity index (χ1v) is 13.1. The molecule has 3 aromatic carbocycles. The monoisotopic (exact) mass is 610 g/mol. The van der Waals surface area contributed by atoms with E-state index in [1.165, 1.54) is 37.4 Å². The molecule has 0 aromatic heterocycles. The molecule has 0 amide bonds. The zero-order valence-electron chi connectivity index (χ0n) is 16.1. The zero-order valence-corrected chi connectivity index (χ0v) is 20.9. The van der Waals surface area contributed by atoms with Crippen molar-refractivity contribution >= 4 is 63.3 Å². The Bertz CT molecular complexity index is 1400. The van der Waals surface area contributed by atoms with E-state index in [4.69, 9.17) is 4.74 Å². The Morgan fingerprint density at radius 1 is 0.750 bits per heavy atom. The molecule has 0 atom stereocenters. The first kappa shape index (κ1) is 24.4. The third kappa shape index (κ3) is 5.39. The quantitative estimate of drug-likeness (QED) is 0.387. The lowest BCUT2D eigenvalue weighted by molar-refractivity contribution is 0.402. The van der Waals surface area contributed by atoms with Crippen LogP contribution in [0.25, 0.3) is 0 Å². The average Bonchev–Trinajstić information content (AvgIpc) is 2.72. The van der Waals surface area contributed by atoms with E-state index in [1.807, 2.05) is 0 Å². The molecule has 0 saturated heterocycles. The van der Waals surface area contributed by atoms with Crippen LogP contribution in [0.4, 0.5) is 20.2 Å². The minimum atomic E-state index is -4.32. The highest BCUT2D eigenvalue weighted by Crippen LogP contribution is 2.31. The van der Waals surface area contributed by atoms with Crippen molar-refractivity contribution in [1.82, 2.24) is 0 Å². The molecular formula is C19H14Br2F2N2O5S2. The van der Waals surface area contributed by atoms with E-state index < -0.39 is 36.6 Å². The van der Waals surface area contributed by atoms with Crippen LogP contribution in [0, 0.1) is 11.6 Å². The van der Waals surface area contributed by atoms with Gasteiger partial charge in [0, 0.05) is 0 Å². The normalized spacial score (nSPS) is 11.8. The van der Waals surface area contributed by atoms with E-state index in [9.17, 15) is 25.6 Å². The fourth-order valence-corrected chi connectivity index (χ4v) is 5.73. The van der Waals surface area contributed by atoms with E-state index in [2.05, 4.69) is 41.3 Å². The van der Waals surface area contributed by atoms with Gasteiger partial charge in [-0.1, -0.05) is 0 Å². The maximum absolute atomic E-state index is 13.4. The van der Waals surface area contributed by atoms with Gasteiger partial charge in [0.2, 0.25) is 0 Å². The number of rotatable bonds is 7. The second-order valence-corrected chi connectivity index (χ2v) is 11.3. The van der Waals surface area contributed by atoms with E-state index in [-0.39, 0.29) is 31.0 Å². The van der Waals surface area contributed by atoms with Crippen LogP contribution in [-0.4, -0.2) is 23.9 Å². The van der Waals surface area contributed by atoms with Gasteiger partial charge < -0.3 is 4.74 Å². The molecule has 13 heteroatoms. The number of methoxy groups -OCH3 is 1. The molecule has 2 N–H and O–H groups in total. The number of hydrogen-bond donors (Lipinski definition) is 2. The van der Waals surface area contributed by atoms with Gasteiger partial charge in [-0.2, -0.15) is 0 Å². The molecule has 0 radical (unpaired) electrons. The average molecular weight is 612 g/mol. The zero-order chi connectivity index (χ0) is 23.7. The van der Waals surface area contributed by atoms with Crippen molar-refractivity contribution in [3.05, 3.63) is 75.2 Å². The van der Waals surface area contributed by atoms with Crippen molar-refractivity contribution in [3.8, 4) is 5.75 Å². The highest BCUT2D eigenvalue weighted by molar-refractivity contribution is 9.10. The molecule has 0 heterocycles. The van der Waals surface area contributed by atoms with Gasteiger partial charge in [-0.25, -0.2) is 25.6 Å².